The molecule has 0 bridgehead atoms. The Labute approximate surface area is 126 Å². The van der Waals surface area contributed by atoms with E-state index in [9.17, 15) is 13.2 Å². The highest BCUT2D eigenvalue weighted by Crippen LogP contribution is 2.31. The molecule has 3 rings (SSSR count). The van der Waals surface area contributed by atoms with Gasteiger partial charge >= 0.3 is 0 Å². The third-order valence-corrected chi connectivity index (χ3v) is 6.27. The van der Waals surface area contributed by atoms with Crippen LogP contribution in [0.3, 0.4) is 0 Å². The summed E-state index contributed by atoms with van der Waals surface area (Å²) >= 11 is 0. The molecule has 1 saturated heterocycles. The van der Waals surface area contributed by atoms with E-state index in [4.69, 9.17) is 0 Å². The van der Waals surface area contributed by atoms with Crippen molar-refractivity contribution in [3.8, 4) is 0 Å². The summed E-state index contributed by atoms with van der Waals surface area (Å²) in [5.41, 5.74) is 2.21. The van der Waals surface area contributed by atoms with Crippen LogP contribution in [0.5, 0.6) is 0 Å². The van der Waals surface area contributed by atoms with Crippen LogP contribution in [-0.2, 0) is 21.1 Å². The van der Waals surface area contributed by atoms with Crippen molar-refractivity contribution in [2.75, 3.05) is 23.0 Å². The molecule has 5 heteroatoms. The summed E-state index contributed by atoms with van der Waals surface area (Å²) in [6.07, 6.45) is 1.97. The number of nitrogens with zero attached hydrogens (tertiary/aromatic N) is 1. The van der Waals surface area contributed by atoms with Crippen LogP contribution >= 0.6 is 0 Å². The molecule has 0 radical (unpaired) electrons. The highest BCUT2D eigenvalue weighted by Gasteiger charge is 2.32. The molecule has 1 aromatic rings. The minimum absolute atomic E-state index is 0.00750. The van der Waals surface area contributed by atoms with Gasteiger partial charge in [0.25, 0.3) is 0 Å². The van der Waals surface area contributed by atoms with Gasteiger partial charge in [0, 0.05) is 18.7 Å². The van der Waals surface area contributed by atoms with Crippen LogP contribution in [0.25, 0.3) is 0 Å². The third-order valence-electron chi connectivity index (χ3n) is 4.44. The summed E-state index contributed by atoms with van der Waals surface area (Å²) < 4.78 is 23.0. The molecule has 0 aromatic heterocycles. The standard InChI is InChI=1S/C16H21NO3S/c1-12-8-14-4-2-3-5-15(14)17(10-12)16(18)9-13-6-7-21(19,20)11-13/h2-5,12-13H,6-11H2,1H3/t12-,13+/m0/s1. The minimum atomic E-state index is -2.91. The monoisotopic (exact) mass is 307 g/mol. The van der Waals surface area contributed by atoms with E-state index in [1.54, 1.807) is 0 Å². The second-order valence-electron chi connectivity index (χ2n) is 6.42. The first-order chi connectivity index (χ1) is 9.94. The van der Waals surface area contributed by atoms with Crippen LogP contribution in [0, 0.1) is 11.8 Å². The molecule has 21 heavy (non-hydrogen) atoms. The van der Waals surface area contributed by atoms with Gasteiger partial charge in [-0.3, -0.25) is 4.79 Å². The van der Waals surface area contributed by atoms with E-state index >= 15 is 0 Å². The van der Waals surface area contributed by atoms with Crippen LogP contribution in [0.4, 0.5) is 5.69 Å². The molecular formula is C16H21NO3S. The molecule has 2 aliphatic rings. The highest BCUT2D eigenvalue weighted by molar-refractivity contribution is 7.91. The molecule has 2 aliphatic heterocycles. The zero-order valence-corrected chi connectivity index (χ0v) is 13.1. The van der Waals surface area contributed by atoms with Crippen molar-refractivity contribution >= 4 is 21.4 Å². The molecular weight excluding hydrogens is 286 g/mol. The molecule has 1 amide bonds. The predicted molar refractivity (Wildman–Crippen MR) is 83.0 cm³/mol. The van der Waals surface area contributed by atoms with Gasteiger partial charge in [-0.1, -0.05) is 25.1 Å². The molecule has 1 aromatic carbocycles. The largest absolute Gasteiger partial charge is 0.312 e. The Morgan fingerprint density at radius 3 is 2.81 bits per heavy atom. The Hall–Kier alpha value is -1.36. The molecule has 1 fully saturated rings. The number of carbonyl (C=O) groups excluding carboxylic acids is 1. The van der Waals surface area contributed by atoms with Crippen LogP contribution in [-0.4, -0.2) is 32.4 Å². The zero-order chi connectivity index (χ0) is 15.0. The Morgan fingerprint density at radius 1 is 1.33 bits per heavy atom. The summed E-state index contributed by atoms with van der Waals surface area (Å²) in [4.78, 5) is 14.5. The van der Waals surface area contributed by atoms with Crippen molar-refractivity contribution in [1.29, 1.82) is 0 Å². The van der Waals surface area contributed by atoms with E-state index in [0.717, 1.165) is 18.7 Å². The average Bonchev–Trinajstić information content (AvgIpc) is 2.76. The Bertz CT molecular complexity index is 653. The summed E-state index contributed by atoms with van der Waals surface area (Å²) in [5.74, 6) is 0.904. The summed E-state index contributed by atoms with van der Waals surface area (Å²) in [5, 5.41) is 0. The number of benzene rings is 1. The lowest BCUT2D eigenvalue weighted by Gasteiger charge is -2.33. The van der Waals surface area contributed by atoms with E-state index < -0.39 is 9.84 Å². The van der Waals surface area contributed by atoms with Crippen molar-refractivity contribution in [2.24, 2.45) is 11.8 Å². The van der Waals surface area contributed by atoms with Gasteiger partial charge < -0.3 is 4.90 Å². The zero-order valence-electron chi connectivity index (χ0n) is 12.3. The number of hydrogen-bond donors (Lipinski definition) is 0. The van der Waals surface area contributed by atoms with E-state index in [-0.39, 0.29) is 23.3 Å². The maximum Gasteiger partial charge on any atom is 0.227 e. The maximum atomic E-state index is 12.6. The highest BCUT2D eigenvalue weighted by atomic mass is 32.2. The van der Waals surface area contributed by atoms with Crippen molar-refractivity contribution in [1.82, 2.24) is 0 Å². The van der Waals surface area contributed by atoms with Gasteiger partial charge in [0.05, 0.1) is 11.5 Å². The van der Waals surface area contributed by atoms with E-state index in [2.05, 4.69) is 13.0 Å². The number of anilines is 1. The van der Waals surface area contributed by atoms with Gasteiger partial charge in [0.2, 0.25) is 5.91 Å². The van der Waals surface area contributed by atoms with Crippen LogP contribution < -0.4 is 4.90 Å². The number of rotatable bonds is 2. The van der Waals surface area contributed by atoms with Gasteiger partial charge in [-0.2, -0.15) is 0 Å². The van der Waals surface area contributed by atoms with E-state index in [1.807, 2.05) is 23.1 Å². The van der Waals surface area contributed by atoms with Crippen molar-refractivity contribution in [3.63, 3.8) is 0 Å². The SMILES string of the molecule is C[C@H]1Cc2ccccc2N(C(=O)C[C@H]2CCS(=O)(=O)C2)C1. The van der Waals surface area contributed by atoms with Crippen LogP contribution in [0.15, 0.2) is 24.3 Å². The van der Waals surface area contributed by atoms with Gasteiger partial charge in [0.1, 0.15) is 0 Å². The predicted octanol–water partition coefficient (Wildman–Crippen LogP) is 2.04. The van der Waals surface area contributed by atoms with Crippen molar-refractivity contribution in [3.05, 3.63) is 29.8 Å². The lowest BCUT2D eigenvalue weighted by molar-refractivity contribution is -0.119. The third kappa shape index (κ3) is 3.12. The number of sulfone groups is 1. The van der Waals surface area contributed by atoms with Crippen molar-refractivity contribution in [2.45, 2.75) is 26.2 Å². The number of para-hydroxylation sites is 1. The summed E-state index contributed by atoms with van der Waals surface area (Å²) in [6, 6.07) is 8.02. The lowest BCUT2D eigenvalue weighted by atomic mass is 9.93. The summed E-state index contributed by atoms with van der Waals surface area (Å²) in [6.45, 7) is 2.88. The van der Waals surface area contributed by atoms with E-state index in [0.29, 0.717) is 18.8 Å². The fourth-order valence-corrected chi connectivity index (χ4v) is 5.28. The molecule has 0 saturated carbocycles. The first-order valence-electron chi connectivity index (χ1n) is 7.53. The first-order valence-corrected chi connectivity index (χ1v) is 9.35. The molecule has 2 heterocycles. The quantitative estimate of drug-likeness (QED) is 0.840. The van der Waals surface area contributed by atoms with E-state index in [1.165, 1.54) is 5.56 Å². The topological polar surface area (TPSA) is 54.5 Å². The minimum Gasteiger partial charge on any atom is -0.312 e. The summed E-state index contributed by atoms with van der Waals surface area (Å²) in [7, 11) is -2.91. The number of hydrogen-bond acceptors (Lipinski definition) is 3. The number of carbonyl (C=O) groups is 1. The number of amides is 1. The molecule has 0 unspecified atom stereocenters. The Kier molecular flexibility index (Phi) is 3.78. The fourth-order valence-electron chi connectivity index (χ4n) is 3.42. The van der Waals surface area contributed by atoms with Gasteiger partial charge in [0.15, 0.2) is 9.84 Å². The molecule has 2 atom stereocenters. The van der Waals surface area contributed by atoms with Gasteiger partial charge in [-0.05, 0) is 36.3 Å². The second-order valence-corrected chi connectivity index (χ2v) is 8.64. The second kappa shape index (κ2) is 5.44. The van der Waals surface area contributed by atoms with Crippen LogP contribution in [0.2, 0.25) is 0 Å². The molecule has 0 aliphatic carbocycles. The lowest BCUT2D eigenvalue weighted by Crippen LogP contribution is -2.40. The van der Waals surface area contributed by atoms with Gasteiger partial charge in [-0.15, -0.1) is 0 Å². The van der Waals surface area contributed by atoms with Gasteiger partial charge in [-0.25, -0.2) is 8.42 Å². The Morgan fingerprint density at radius 2 is 2.10 bits per heavy atom. The molecule has 114 valence electrons. The normalized spacial score (nSPS) is 27.4. The molecule has 0 N–H and O–H groups in total. The van der Waals surface area contributed by atoms with Crippen molar-refractivity contribution < 1.29 is 13.2 Å². The molecule has 4 nitrogen and oxygen atoms in total. The fraction of sp³-hybridized carbons (Fsp3) is 0.562. The average molecular weight is 307 g/mol. The van der Waals surface area contributed by atoms with Crippen LogP contribution in [0.1, 0.15) is 25.3 Å². The number of fused-ring (bicyclic) bond motifs is 1. The first kappa shape index (κ1) is 14.6. The molecule has 0 spiro atoms. The maximum absolute atomic E-state index is 12.6. The smallest absolute Gasteiger partial charge is 0.227 e. The Balaban J connectivity index is 1.76.